The number of hydrogen-bond acceptors (Lipinski definition) is 3. The van der Waals surface area contributed by atoms with Gasteiger partial charge in [0.15, 0.2) is 0 Å². The lowest BCUT2D eigenvalue weighted by Crippen LogP contribution is -2.50. The van der Waals surface area contributed by atoms with Gasteiger partial charge in [0.25, 0.3) is 0 Å². The van der Waals surface area contributed by atoms with E-state index in [2.05, 4.69) is 5.32 Å². The van der Waals surface area contributed by atoms with Crippen LogP contribution in [-0.2, 0) is 9.59 Å². The molecule has 0 unspecified atom stereocenters. The lowest BCUT2D eigenvalue weighted by molar-refractivity contribution is -0.130. The Labute approximate surface area is 182 Å². The minimum atomic E-state index is -0.487. The average molecular weight is 425 g/mol. The van der Waals surface area contributed by atoms with Crippen molar-refractivity contribution in [1.29, 1.82) is 0 Å². The number of halogens is 1. The molecule has 0 spiro atoms. The van der Waals surface area contributed by atoms with E-state index in [1.807, 2.05) is 12.1 Å². The maximum atomic E-state index is 13.6. The largest absolute Gasteiger partial charge is 0.497 e. The number of carbonyl (C=O) groups is 2. The van der Waals surface area contributed by atoms with Crippen LogP contribution in [-0.4, -0.2) is 25.0 Å². The van der Waals surface area contributed by atoms with Gasteiger partial charge in [0.2, 0.25) is 11.8 Å². The molecule has 2 atom stereocenters. The van der Waals surface area contributed by atoms with E-state index < -0.39 is 12.0 Å². The van der Waals surface area contributed by atoms with E-state index in [1.54, 1.807) is 36.3 Å². The molecule has 4 rings (SSSR count). The van der Waals surface area contributed by atoms with Gasteiger partial charge < -0.3 is 15.0 Å². The van der Waals surface area contributed by atoms with Crippen molar-refractivity contribution in [3.8, 4) is 5.75 Å². The van der Waals surface area contributed by atoms with Crippen molar-refractivity contribution in [3.63, 3.8) is 0 Å². The predicted octanol–water partition coefficient (Wildman–Crippen LogP) is 4.77. The third kappa shape index (κ3) is 4.73. The number of ether oxygens (including phenoxy) is 1. The van der Waals surface area contributed by atoms with Crippen molar-refractivity contribution in [2.24, 2.45) is 5.92 Å². The summed E-state index contributed by atoms with van der Waals surface area (Å²) in [6.07, 6.45) is 6.26. The van der Waals surface area contributed by atoms with E-state index in [0.29, 0.717) is 24.3 Å². The van der Waals surface area contributed by atoms with Crippen LogP contribution in [0.2, 0.25) is 0 Å². The molecular weight excluding hydrogens is 395 g/mol. The number of amides is 2. The lowest BCUT2D eigenvalue weighted by Gasteiger charge is -2.41. The van der Waals surface area contributed by atoms with Crippen LogP contribution in [0.25, 0.3) is 0 Å². The molecule has 2 aliphatic rings. The number of rotatable bonds is 5. The second-order valence-corrected chi connectivity index (χ2v) is 8.45. The van der Waals surface area contributed by atoms with Gasteiger partial charge in [-0.15, -0.1) is 0 Å². The molecule has 0 bridgehead atoms. The van der Waals surface area contributed by atoms with Crippen LogP contribution in [0.4, 0.5) is 10.1 Å². The summed E-state index contributed by atoms with van der Waals surface area (Å²) in [4.78, 5) is 28.1. The first-order valence-electron chi connectivity index (χ1n) is 11.1. The molecule has 164 valence electrons. The Balaban J connectivity index is 1.68. The van der Waals surface area contributed by atoms with E-state index in [4.69, 9.17) is 4.74 Å². The number of methoxy groups -OCH3 is 1. The van der Waals surface area contributed by atoms with Gasteiger partial charge in [0.05, 0.1) is 19.1 Å². The Hall–Kier alpha value is -2.89. The Morgan fingerprint density at radius 3 is 2.32 bits per heavy atom. The minimum Gasteiger partial charge on any atom is -0.497 e. The van der Waals surface area contributed by atoms with E-state index in [-0.39, 0.29) is 23.7 Å². The fourth-order valence-corrected chi connectivity index (χ4v) is 4.81. The Kier molecular flexibility index (Phi) is 6.54. The van der Waals surface area contributed by atoms with Crippen LogP contribution in [0.15, 0.2) is 48.5 Å². The van der Waals surface area contributed by atoms with Crippen LogP contribution in [0, 0.1) is 11.7 Å². The standard InChI is InChI=1S/C25H29FN2O3/c1-31-21-13-11-20(12-14-21)28-23(29)16-15-22(24(28)17-7-9-18(26)10-8-17)25(30)27-19-5-3-2-4-6-19/h7-14,19,22,24H,2-6,15-16H2,1H3,(H,27,30)/t22-,24-/m1/s1. The number of anilines is 1. The van der Waals surface area contributed by atoms with Gasteiger partial charge in [-0.25, -0.2) is 4.39 Å². The van der Waals surface area contributed by atoms with E-state index in [1.165, 1.54) is 18.6 Å². The van der Waals surface area contributed by atoms with Gasteiger partial charge in [0.1, 0.15) is 11.6 Å². The zero-order valence-corrected chi connectivity index (χ0v) is 17.9. The van der Waals surface area contributed by atoms with Gasteiger partial charge >= 0.3 is 0 Å². The summed E-state index contributed by atoms with van der Waals surface area (Å²) in [6.45, 7) is 0. The average Bonchev–Trinajstić information content (AvgIpc) is 2.80. The maximum absolute atomic E-state index is 13.6. The van der Waals surface area contributed by atoms with Crippen molar-refractivity contribution >= 4 is 17.5 Å². The summed E-state index contributed by atoms with van der Waals surface area (Å²) in [6, 6.07) is 13.1. The summed E-state index contributed by atoms with van der Waals surface area (Å²) in [5.74, 6) is -0.108. The van der Waals surface area contributed by atoms with Gasteiger partial charge in [0, 0.05) is 18.2 Å². The summed E-state index contributed by atoms with van der Waals surface area (Å²) in [7, 11) is 1.59. The summed E-state index contributed by atoms with van der Waals surface area (Å²) >= 11 is 0. The van der Waals surface area contributed by atoms with E-state index in [9.17, 15) is 14.0 Å². The maximum Gasteiger partial charge on any atom is 0.227 e. The number of carbonyl (C=O) groups excluding carboxylic acids is 2. The third-order valence-corrected chi connectivity index (χ3v) is 6.45. The molecule has 0 radical (unpaired) electrons. The normalized spacial score (nSPS) is 22.3. The molecule has 1 aliphatic heterocycles. The molecule has 1 aliphatic carbocycles. The van der Waals surface area contributed by atoms with Gasteiger partial charge in [-0.05, 0) is 61.2 Å². The SMILES string of the molecule is COc1ccc(N2C(=O)CC[C@@H](C(=O)NC3CCCCC3)[C@H]2c2ccc(F)cc2)cc1. The molecule has 1 heterocycles. The van der Waals surface area contributed by atoms with Crippen LogP contribution < -0.4 is 15.0 Å². The van der Waals surface area contributed by atoms with Gasteiger partial charge in [-0.1, -0.05) is 31.4 Å². The van der Waals surface area contributed by atoms with Gasteiger partial charge in [-0.3, -0.25) is 9.59 Å². The van der Waals surface area contributed by atoms with Crippen LogP contribution >= 0.6 is 0 Å². The molecule has 2 fully saturated rings. The van der Waals surface area contributed by atoms with E-state index in [0.717, 1.165) is 31.2 Å². The number of piperidine rings is 1. The summed E-state index contributed by atoms with van der Waals surface area (Å²) in [5, 5.41) is 3.23. The van der Waals surface area contributed by atoms with Crippen molar-refractivity contribution < 1.29 is 18.7 Å². The van der Waals surface area contributed by atoms with Crippen molar-refractivity contribution in [2.75, 3.05) is 12.0 Å². The molecule has 31 heavy (non-hydrogen) atoms. The molecule has 6 heteroatoms. The second kappa shape index (κ2) is 9.50. The number of nitrogens with one attached hydrogen (secondary N) is 1. The molecule has 2 aromatic rings. The predicted molar refractivity (Wildman–Crippen MR) is 117 cm³/mol. The minimum absolute atomic E-state index is 0.0211. The zero-order chi connectivity index (χ0) is 21.8. The monoisotopic (exact) mass is 424 g/mol. The first kappa shape index (κ1) is 21.3. The van der Waals surface area contributed by atoms with Crippen molar-refractivity contribution in [2.45, 2.75) is 57.0 Å². The summed E-state index contributed by atoms with van der Waals surface area (Å²) < 4.78 is 18.9. The fourth-order valence-electron chi connectivity index (χ4n) is 4.81. The molecule has 1 N–H and O–H groups in total. The highest BCUT2D eigenvalue weighted by Gasteiger charge is 2.42. The van der Waals surface area contributed by atoms with Crippen molar-refractivity contribution in [3.05, 3.63) is 59.9 Å². The Morgan fingerprint density at radius 2 is 1.68 bits per heavy atom. The van der Waals surface area contributed by atoms with Crippen LogP contribution in [0.5, 0.6) is 5.75 Å². The molecule has 1 saturated carbocycles. The molecule has 2 aromatic carbocycles. The third-order valence-electron chi connectivity index (χ3n) is 6.45. The smallest absolute Gasteiger partial charge is 0.227 e. The van der Waals surface area contributed by atoms with Crippen molar-refractivity contribution in [1.82, 2.24) is 5.32 Å². The molecule has 0 aromatic heterocycles. The lowest BCUT2D eigenvalue weighted by atomic mass is 9.82. The number of benzene rings is 2. The Bertz CT molecular complexity index is 907. The van der Waals surface area contributed by atoms with Gasteiger partial charge in [-0.2, -0.15) is 0 Å². The first-order valence-corrected chi connectivity index (χ1v) is 11.1. The molecule has 1 saturated heterocycles. The molecule has 2 amide bonds. The quantitative estimate of drug-likeness (QED) is 0.752. The Morgan fingerprint density at radius 1 is 1.00 bits per heavy atom. The highest BCUT2D eigenvalue weighted by atomic mass is 19.1. The van der Waals surface area contributed by atoms with E-state index >= 15 is 0 Å². The topological polar surface area (TPSA) is 58.6 Å². The second-order valence-electron chi connectivity index (χ2n) is 8.45. The van der Waals surface area contributed by atoms with Crippen LogP contribution in [0.3, 0.4) is 0 Å². The number of nitrogens with zero attached hydrogens (tertiary/aromatic N) is 1. The zero-order valence-electron chi connectivity index (χ0n) is 17.9. The first-order chi connectivity index (χ1) is 15.1. The molecular formula is C25H29FN2O3. The highest BCUT2D eigenvalue weighted by molar-refractivity contribution is 5.97. The highest BCUT2D eigenvalue weighted by Crippen LogP contribution is 2.40. The molecule has 5 nitrogen and oxygen atoms in total. The van der Waals surface area contributed by atoms with Crippen LogP contribution in [0.1, 0.15) is 56.6 Å². The summed E-state index contributed by atoms with van der Waals surface area (Å²) in [5.41, 5.74) is 1.46. The fraction of sp³-hybridized carbons (Fsp3) is 0.440. The number of hydrogen-bond donors (Lipinski definition) is 1.